The molecule has 127 heavy (non-hydrogen) atoms. The molecule has 0 spiro atoms. The minimum Gasteiger partial charge on any atom is -0.501 e. The summed E-state index contributed by atoms with van der Waals surface area (Å²) >= 11 is 0. The Morgan fingerprint density at radius 3 is 0.937 bits per heavy atom. The second-order valence-electron chi connectivity index (χ2n) is 32.4. The Balaban J connectivity index is 0.000000197. The fraction of sp³-hybridized carbons (Fsp3) is 0.200. The van der Waals surface area contributed by atoms with Gasteiger partial charge in [0.2, 0.25) is 0 Å². The molecule has 9 heterocycles. The average Bonchev–Trinajstić information content (AvgIpc) is 1.58. The molecule has 0 bridgehead atoms. The van der Waals surface area contributed by atoms with E-state index in [-0.39, 0.29) is 118 Å². The molecule has 2 radical (unpaired) electrons. The third kappa shape index (κ3) is 22.7. The van der Waals surface area contributed by atoms with Crippen LogP contribution in [0.1, 0.15) is 156 Å². The molecule has 0 N–H and O–H groups in total. The molecule has 21 aromatic rings. The van der Waals surface area contributed by atoms with Crippen molar-refractivity contribution in [2.24, 2.45) is 16.2 Å². The first kappa shape index (κ1) is 72.5. The standard InChI is InChI=1S/C21H15NO.2C21H14NO.3C16H18N.2CH4.2CH3.3Ir/c3*1-12-10-17(22-11-13(12)2)16-9-8-15-7-6-14-4-3-5-18-19(14)20(15)21(16)23-18;3*1-16(2,3)11-13-9-10-15(17-12-13)14-7-5-4-6-8-14;;;;;;;/h3-11H,1-2H3;2*3-8,10-11H,1-2H3;3*4-7,9-10,12H,11H2,1-3H3;2*1H4;2*1H3;;;/q;5*-1;;;2*-1;;;+3/i2D3;2*1D3,2D3;3*11D2;;;;;;;. The van der Waals surface area contributed by atoms with Crippen LogP contribution >= 0.6 is 0 Å². The molecule has 12 aromatic carbocycles. The molecule has 0 amide bonds. The number of aromatic nitrogens is 6. The van der Waals surface area contributed by atoms with E-state index in [0.717, 1.165) is 144 Å². The third-order valence-electron chi connectivity index (χ3n) is 19.8. The summed E-state index contributed by atoms with van der Waals surface area (Å²) in [7, 11) is 0. The van der Waals surface area contributed by atoms with Crippen molar-refractivity contribution in [1.82, 2.24) is 29.9 Å². The van der Waals surface area contributed by atoms with Crippen molar-refractivity contribution in [3.05, 3.63) is 375 Å². The Kier molecular flexibility index (Phi) is 24.2. The Morgan fingerprint density at radius 2 is 0.614 bits per heavy atom. The van der Waals surface area contributed by atoms with Gasteiger partial charge in [0.05, 0.1) is 16.9 Å². The summed E-state index contributed by atoms with van der Waals surface area (Å²) < 4.78 is 183. The van der Waals surface area contributed by atoms with E-state index >= 15 is 0 Å². The summed E-state index contributed by atoms with van der Waals surface area (Å²) in [6.07, 6.45) is 4.37. The molecule has 650 valence electrons. The van der Waals surface area contributed by atoms with Gasteiger partial charge in [-0.2, -0.15) is 0 Å². The molecule has 0 aliphatic rings. The fourth-order valence-electron chi connectivity index (χ4n) is 14.5. The van der Waals surface area contributed by atoms with Crippen molar-refractivity contribution in [2.45, 2.75) is 137 Å². The first-order valence-electron chi connectivity index (χ1n) is 49.8. The molecule has 9 aromatic heterocycles. The van der Waals surface area contributed by atoms with Crippen molar-refractivity contribution in [2.75, 3.05) is 0 Å². The van der Waals surface area contributed by atoms with Gasteiger partial charge in [-0.15, -0.1) is 132 Å². The molecule has 12 heteroatoms. The molecule has 0 atom stereocenters. The quantitative estimate of drug-likeness (QED) is 0.103. The number of hydrogen-bond acceptors (Lipinski definition) is 9. The van der Waals surface area contributed by atoms with Crippen molar-refractivity contribution in [1.29, 1.82) is 0 Å². The summed E-state index contributed by atoms with van der Waals surface area (Å²) in [6, 6.07) is 91.5. The largest absolute Gasteiger partial charge is 3.00 e. The molecule has 21 rings (SSSR count). The van der Waals surface area contributed by atoms with Crippen LogP contribution in [0, 0.1) is 103 Å². The van der Waals surface area contributed by atoms with Gasteiger partial charge < -0.3 is 53.0 Å². The normalized spacial score (nSPS) is 14.4. The van der Waals surface area contributed by atoms with Gasteiger partial charge in [0.1, 0.15) is 22.3 Å². The van der Waals surface area contributed by atoms with Gasteiger partial charge in [-0.1, -0.05) is 238 Å². The van der Waals surface area contributed by atoms with E-state index in [1.807, 2.05) is 269 Å². The SMILES string of the molecule is C.C.[2H]C([2H])([2H])c1cnc(-c2[c-]cc3ccc4cccc5oc2c3c45)cc1C([2H])([2H])[2H].[2H]C([2H])([2H])c1cnc(-c2[c-]cc3ccc4cccc5oc2c3c45)cc1C([2H])([2H])[2H].[2H]C([2H])([2H])c1cnc(-c2ccc3ccc4cccc5oc2c3c45)cc1C.[2H]C([2H])(c1ccc(-c2[c-]cccc2)nc1)C(C)(C)C.[2H]C([2H])(c1ccc(-c2[c-]cccc2)nc1)C(C)(C)C.[2H]C([2H])(c1ccc(-c2[c-]cccc2)nc1)C(C)(C)C.[CH3-].[CH3-].[Ir+3].[Ir].[Ir]. The maximum absolute atomic E-state index is 8.21. The fourth-order valence-corrected chi connectivity index (χ4v) is 14.5. The van der Waals surface area contributed by atoms with Gasteiger partial charge in [0.15, 0.2) is 0 Å². The Bertz CT molecular complexity index is 7590. The number of nitrogens with zero attached hydrogens (tertiary/aromatic N) is 6. The molecule has 0 aliphatic carbocycles. The van der Waals surface area contributed by atoms with Crippen LogP contribution in [-0.2, 0) is 79.4 Å². The van der Waals surface area contributed by atoms with Crippen molar-refractivity contribution >= 4 is 98.1 Å². The topological polar surface area (TPSA) is 117 Å². The van der Waals surface area contributed by atoms with Crippen LogP contribution in [0.3, 0.4) is 0 Å². The molecule has 9 nitrogen and oxygen atoms in total. The molecule has 0 aliphatic heterocycles. The Labute approximate surface area is 821 Å². The van der Waals surface area contributed by atoms with E-state index in [0.29, 0.717) is 55.9 Å². The summed E-state index contributed by atoms with van der Waals surface area (Å²) in [5.41, 5.74) is 13.0. The molecular formula is C115H111Ir3N6O3-4. The van der Waals surface area contributed by atoms with Gasteiger partial charge in [-0.3, -0.25) is 4.98 Å². The van der Waals surface area contributed by atoms with Crippen LogP contribution in [0.15, 0.2) is 293 Å². The van der Waals surface area contributed by atoms with Gasteiger partial charge in [-0.05, 0) is 207 Å². The average molecular weight is 2220 g/mol. The van der Waals surface area contributed by atoms with Crippen LogP contribution in [0.25, 0.3) is 166 Å². The minimum absolute atomic E-state index is 0. The first-order valence-corrected chi connectivity index (χ1v) is 39.3. The number of hydrogen-bond donors (Lipinski definition) is 0. The van der Waals surface area contributed by atoms with Crippen molar-refractivity contribution in [3.8, 4) is 67.5 Å². The van der Waals surface area contributed by atoms with E-state index in [2.05, 4.69) is 84.5 Å². The van der Waals surface area contributed by atoms with Gasteiger partial charge in [0, 0.05) is 133 Å². The van der Waals surface area contributed by atoms with Gasteiger partial charge in [-0.25, -0.2) is 0 Å². The smallest absolute Gasteiger partial charge is 0.501 e. The molecule has 0 saturated carbocycles. The number of aryl methyl sites for hydroxylation is 6. The second-order valence-corrected chi connectivity index (χ2v) is 32.4. The minimum atomic E-state index is -2.59. The van der Waals surface area contributed by atoms with Crippen LogP contribution in [0.4, 0.5) is 0 Å². The predicted molar refractivity (Wildman–Crippen MR) is 524 cm³/mol. The monoisotopic (exact) mass is 2220 g/mol. The number of benzene rings is 12. The Hall–Kier alpha value is -11.6. The van der Waals surface area contributed by atoms with Crippen LogP contribution < -0.4 is 0 Å². The number of pyridine rings is 6. The molecule has 0 saturated heterocycles. The zero-order valence-corrected chi connectivity index (χ0v) is 78.2. The van der Waals surface area contributed by atoms with E-state index in [1.54, 1.807) is 25.5 Å². The van der Waals surface area contributed by atoms with E-state index < -0.39 is 69.6 Å². The van der Waals surface area contributed by atoms with Crippen LogP contribution in [0.5, 0.6) is 0 Å². The van der Waals surface area contributed by atoms with Gasteiger partial charge >= 0.3 is 20.1 Å². The van der Waals surface area contributed by atoms with Crippen molar-refractivity contribution in [3.63, 3.8) is 0 Å². The number of rotatable bonds is 9. The zero-order chi connectivity index (χ0) is 101. The maximum Gasteiger partial charge on any atom is 3.00 e. The van der Waals surface area contributed by atoms with Crippen molar-refractivity contribution < 1.29 is 102 Å². The van der Waals surface area contributed by atoms with E-state index in [4.69, 9.17) is 42.0 Å². The van der Waals surface area contributed by atoms with E-state index in [1.165, 1.54) is 18.3 Å². The second kappa shape index (κ2) is 42.4. The summed E-state index contributed by atoms with van der Waals surface area (Å²) in [6.45, 7) is 6.38. The zero-order valence-electron chi connectivity index (χ0n) is 92.0. The summed E-state index contributed by atoms with van der Waals surface area (Å²) in [5, 5.41) is 12.3. The third-order valence-corrected chi connectivity index (χ3v) is 19.8. The summed E-state index contributed by atoms with van der Waals surface area (Å²) in [5.74, 6) is 0. The van der Waals surface area contributed by atoms with E-state index in [9.17, 15) is 0 Å². The number of furan rings is 3. The van der Waals surface area contributed by atoms with Crippen LogP contribution in [0.2, 0.25) is 0 Å². The first-order chi connectivity index (χ1) is 66.2. The Morgan fingerprint density at radius 1 is 0.307 bits per heavy atom. The molecular weight excluding hydrogens is 2090 g/mol. The molecule has 0 unspecified atom stereocenters. The maximum atomic E-state index is 8.21. The molecule has 0 fully saturated rings. The van der Waals surface area contributed by atoms with Crippen LogP contribution in [-0.4, -0.2) is 29.9 Å². The predicted octanol–water partition coefficient (Wildman–Crippen LogP) is 31.7. The summed E-state index contributed by atoms with van der Waals surface area (Å²) in [4.78, 5) is 26.0. The van der Waals surface area contributed by atoms with Gasteiger partial charge in [0.25, 0.3) is 0 Å².